The van der Waals surface area contributed by atoms with Gasteiger partial charge in [-0.2, -0.15) is 0 Å². The van der Waals surface area contributed by atoms with Crippen LogP contribution in [0.5, 0.6) is 11.5 Å². The van der Waals surface area contributed by atoms with Gasteiger partial charge in [0.15, 0.2) is 11.5 Å². The van der Waals surface area contributed by atoms with Gasteiger partial charge in [0.1, 0.15) is 0 Å². The van der Waals surface area contributed by atoms with Gasteiger partial charge in [0.05, 0.1) is 24.7 Å². The van der Waals surface area contributed by atoms with Gasteiger partial charge in [0.25, 0.3) is 0 Å². The topological polar surface area (TPSA) is 73.6 Å². The number of methoxy groups -OCH3 is 1. The number of benzene rings is 2. The van der Waals surface area contributed by atoms with Crippen molar-refractivity contribution in [3.8, 4) is 11.5 Å². The van der Waals surface area contributed by atoms with E-state index in [1.807, 2.05) is 44.2 Å². The number of rotatable bonds is 8. The largest absolute Gasteiger partial charge is 0.493 e. The first kappa shape index (κ1) is 20.1. The Morgan fingerprint density at radius 3 is 2.58 bits per heavy atom. The molecule has 3 N–H and O–H groups in total. The van der Waals surface area contributed by atoms with Crippen LogP contribution in [0.2, 0.25) is 5.02 Å². The molecule has 0 saturated heterocycles. The molecule has 0 fully saturated rings. The van der Waals surface area contributed by atoms with Crippen LogP contribution in [0.25, 0.3) is 0 Å². The first-order valence-electron chi connectivity index (χ1n) is 8.55. The normalized spacial score (nSPS) is 13.0. The second kappa shape index (κ2) is 9.46. The molecule has 0 radical (unpaired) electrons. The SMILES string of the molecule is CCOc1c(Cl)cc(CNC(=O)C(C)C(N)c2ccccc2)cc1OC. The van der Waals surface area contributed by atoms with Crippen molar-refractivity contribution >= 4 is 17.5 Å². The molecule has 0 aromatic heterocycles. The standard InChI is InChI=1S/C20H25ClN2O3/c1-4-26-19-16(21)10-14(11-17(19)25-3)12-23-20(24)13(2)18(22)15-8-6-5-7-9-15/h5-11,13,18H,4,12,22H2,1-3H3,(H,23,24). The summed E-state index contributed by atoms with van der Waals surface area (Å²) in [6, 6.07) is 12.8. The molecule has 2 atom stereocenters. The number of nitrogens with one attached hydrogen (secondary N) is 1. The Kier molecular flexibility index (Phi) is 7.30. The fraction of sp³-hybridized carbons (Fsp3) is 0.350. The van der Waals surface area contributed by atoms with E-state index in [1.54, 1.807) is 19.2 Å². The van der Waals surface area contributed by atoms with Gasteiger partial charge < -0.3 is 20.5 Å². The van der Waals surface area contributed by atoms with E-state index < -0.39 is 0 Å². The summed E-state index contributed by atoms with van der Waals surface area (Å²) in [5.74, 6) is 0.562. The van der Waals surface area contributed by atoms with Gasteiger partial charge in [0.2, 0.25) is 5.91 Å². The first-order chi connectivity index (χ1) is 12.5. The highest BCUT2D eigenvalue weighted by molar-refractivity contribution is 6.32. The minimum Gasteiger partial charge on any atom is -0.493 e. The summed E-state index contributed by atoms with van der Waals surface area (Å²) in [6.07, 6.45) is 0. The van der Waals surface area contributed by atoms with E-state index >= 15 is 0 Å². The molecule has 2 unspecified atom stereocenters. The van der Waals surface area contributed by atoms with Crippen LogP contribution in [-0.4, -0.2) is 19.6 Å². The van der Waals surface area contributed by atoms with Gasteiger partial charge in [-0.05, 0) is 30.2 Å². The third-order valence-electron chi connectivity index (χ3n) is 4.18. The van der Waals surface area contributed by atoms with Crippen LogP contribution < -0.4 is 20.5 Å². The van der Waals surface area contributed by atoms with E-state index in [4.69, 9.17) is 26.8 Å². The molecular formula is C20H25ClN2O3. The van der Waals surface area contributed by atoms with Crippen molar-refractivity contribution in [3.63, 3.8) is 0 Å². The molecule has 2 aromatic rings. The Bertz CT molecular complexity index is 737. The molecule has 140 valence electrons. The first-order valence-corrected chi connectivity index (χ1v) is 8.93. The molecule has 6 heteroatoms. The summed E-state index contributed by atoms with van der Waals surface area (Å²) < 4.78 is 10.8. The third kappa shape index (κ3) is 4.90. The number of amides is 1. The molecule has 0 aliphatic heterocycles. The van der Waals surface area contributed by atoms with E-state index in [9.17, 15) is 4.79 Å². The number of carbonyl (C=O) groups is 1. The second-order valence-corrected chi connectivity index (χ2v) is 6.39. The highest BCUT2D eigenvalue weighted by Gasteiger charge is 2.22. The van der Waals surface area contributed by atoms with Crippen molar-refractivity contribution in [1.29, 1.82) is 0 Å². The van der Waals surface area contributed by atoms with E-state index in [2.05, 4.69) is 5.32 Å². The molecule has 0 bridgehead atoms. The van der Waals surface area contributed by atoms with Crippen molar-refractivity contribution in [2.24, 2.45) is 11.7 Å². The number of hydrogen-bond donors (Lipinski definition) is 2. The van der Waals surface area contributed by atoms with Crippen molar-refractivity contribution in [2.45, 2.75) is 26.4 Å². The Hall–Kier alpha value is -2.24. The summed E-state index contributed by atoms with van der Waals surface area (Å²) in [6.45, 7) is 4.51. The number of nitrogens with two attached hydrogens (primary N) is 1. The summed E-state index contributed by atoms with van der Waals surface area (Å²) >= 11 is 6.26. The van der Waals surface area contributed by atoms with Gasteiger partial charge >= 0.3 is 0 Å². The zero-order valence-electron chi connectivity index (χ0n) is 15.3. The average molecular weight is 377 g/mol. The second-order valence-electron chi connectivity index (χ2n) is 5.98. The lowest BCUT2D eigenvalue weighted by molar-refractivity contribution is -0.125. The maximum absolute atomic E-state index is 12.5. The number of ether oxygens (including phenoxy) is 2. The zero-order valence-corrected chi connectivity index (χ0v) is 16.0. The van der Waals surface area contributed by atoms with Crippen molar-refractivity contribution in [1.82, 2.24) is 5.32 Å². The summed E-state index contributed by atoms with van der Waals surface area (Å²) in [5.41, 5.74) is 7.97. The van der Waals surface area contributed by atoms with E-state index in [-0.39, 0.29) is 17.9 Å². The van der Waals surface area contributed by atoms with E-state index in [1.165, 1.54) is 0 Å². The zero-order chi connectivity index (χ0) is 19.1. The summed E-state index contributed by atoms with van der Waals surface area (Å²) in [4.78, 5) is 12.5. The van der Waals surface area contributed by atoms with Crippen LogP contribution in [0.4, 0.5) is 0 Å². The maximum Gasteiger partial charge on any atom is 0.225 e. The molecule has 0 heterocycles. The van der Waals surface area contributed by atoms with Crippen molar-refractivity contribution < 1.29 is 14.3 Å². The molecule has 26 heavy (non-hydrogen) atoms. The number of carbonyl (C=O) groups excluding carboxylic acids is 1. The van der Waals surface area contributed by atoms with Gasteiger partial charge in [-0.3, -0.25) is 4.79 Å². The highest BCUT2D eigenvalue weighted by atomic mass is 35.5. The van der Waals surface area contributed by atoms with Gasteiger partial charge in [0, 0.05) is 12.6 Å². The molecule has 5 nitrogen and oxygen atoms in total. The van der Waals surface area contributed by atoms with E-state index in [0.29, 0.717) is 29.7 Å². The number of halogens is 1. The highest BCUT2D eigenvalue weighted by Crippen LogP contribution is 2.36. The smallest absolute Gasteiger partial charge is 0.225 e. The van der Waals surface area contributed by atoms with Crippen molar-refractivity contribution in [2.75, 3.05) is 13.7 Å². The molecule has 0 saturated carbocycles. The van der Waals surface area contributed by atoms with Crippen LogP contribution >= 0.6 is 11.6 Å². The average Bonchev–Trinajstić information content (AvgIpc) is 2.67. The summed E-state index contributed by atoms with van der Waals surface area (Å²) in [7, 11) is 1.55. The maximum atomic E-state index is 12.5. The van der Waals surface area contributed by atoms with Crippen LogP contribution in [-0.2, 0) is 11.3 Å². The minimum atomic E-state index is -0.366. The fourth-order valence-electron chi connectivity index (χ4n) is 2.64. The van der Waals surface area contributed by atoms with Crippen LogP contribution in [0.15, 0.2) is 42.5 Å². The Morgan fingerprint density at radius 2 is 1.96 bits per heavy atom. The molecule has 0 aliphatic carbocycles. The minimum absolute atomic E-state index is 0.120. The van der Waals surface area contributed by atoms with Gasteiger partial charge in [-0.1, -0.05) is 48.9 Å². The van der Waals surface area contributed by atoms with Gasteiger partial charge in [-0.15, -0.1) is 0 Å². The molecule has 2 aromatic carbocycles. The fourth-order valence-corrected chi connectivity index (χ4v) is 2.92. The molecular weight excluding hydrogens is 352 g/mol. The van der Waals surface area contributed by atoms with Gasteiger partial charge in [-0.25, -0.2) is 0 Å². The number of hydrogen-bond acceptors (Lipinski definition) is 4. The lowest BCUT2D eigenvalue weighted by Gasteiger charge is -2.20. The lowest BCUT2D eigenvalue weighted by atomic mass is 9.94. The third-order valence-corrected chi connectivity index (χ3v) is 4.46. The lowest BCUT2D eigenvalue weighted by Crippen LogP contribution is -2.35. The monoisotopic (exact) mass is 376 g/mol. The quantitative estimate of drug-likeness (QED) is 0.736. The van der Waals surface area contributed by atoms with Crippen LogP contribution in [0, 0.1) is 5.92 Å². The van der Waals surface area contributed by atoms with E-state index in [0.717, 1.165) is 11.1 Å². The van der Waals surface area contributed by atoms with Crippen LogP contribution in [0.1, 0.15) is 31.0 Å². The predicted octanol–water partition coefficient (Wildman–Crippen LogP) is 3.70. The molecule has 2 rings (SSSR count). The Morgan fingerprint density at radius 1 is 1.27 bits per heavy atom. The van der Waals surface area contributed by atoms with Crippen molar-refractivity contribution in [3.05, 3.63) is 58.6 Å². The Labute approximate surface area is 159 Å². The summed E-state index contributed by atoms with van der Waals surface area (Å²) in [5, 5.41) is 3.35. The molecule has 0 aliphatic rings. The molecule has 0 spiro atoms. The predicted molar refractivity (Wildman–Crippen MR) is 104 cm³/mol. The molecule has 1 amide bonds. The Balaban J connectivity index is 2.03. The van der Waals surface area contributed by atoms with Crippen LogP contribution in [0.3, 0.4) is 0 Å².